The first kappa shape index (κ1) is 24.6. The van der Waals surface area contributed by atoms with Gasteiger partial charge in [0.05, 0.1) is 18.8 Å². The largest absolute Gasteiger partial charge is 0.373 e. The summed E-state index contributed by atoms with van der Waals surface area (Å²) in [6.07, 6.45) is 2.99. The van der Waals surface area contributed by atoms with Crippen LogP contribution in [0.1, 0.15) is 45.6 Å². The number of rotatable bonds is 7. The molecule has 0 aliphatic carbocycles. The van der Waals surface area contributed by atoms with Gasteiger partial charge in [0.1, 0.15) is 5.54 Å². The Morgan fingerprint density at radius 2 is 1.74 bits per heavy atom. The molecule has 3 aliphatic rings. The molecule has 34 heavy (non-hydrogen) atoms. The van der Waals surface area contributed by atoms with Gasteiger partial charge in [-0.3, -0.25) is 24.8 Å². The van der Waals surface area contributed by atoms with Crippen LogP contribution in [0, 0.1) is 5.92 Å². The molecule has 9 heteroatoms. The highest BCUT2D eigenvalue weighted by atomic mass is 16.5. The van der Waals surface area contributed by atoms with Crippen molar-refractivity contribution in [3.8, 4) is 0 Å². The minimum absolute atomic E-state index is 0.167. The molecule has 3 atom stereocenters. The second-order valence-electron chi connectivity index (χ2n) is 9.93. The Morgan fingerprint density at radius 3 is 2.35 bits per heavy atom. The number of carbonyl (C=O) groups is 3. The minimum atomic E-state index is -1.15. The van der Waals surface area contributed by atoms with Crippen LogP contribution in [-0.2, 0) is 19.9 Å². The summed E-state index contributed by atoms with van der Waals surface area (Å²) in [4.78, 5) is 43.1. The normalized spacial score (nSPS) is 29.3. The van der Waals surface area contributed by atoms with Gasteiger partial charge in [-0.15, -0.1) is 0 Å². The summed E-state index contributed by atoms with van der Waals surface area (Å²) in [7, 11) is 0. The maximum absolute atomic E-state index is 13.2. The van der Waals surface area contributed by atoms with E-state index in [4.69, 9.17) is 4.74 Å². The zero-order valence-electron chi connectivity index (χ0n) is 20.5. The number of carbonyl (C=O) groups excluding carboxylic acids is 3. The summed E-state index contributed by atoms with van der Waals surface area (Å²) in [6, 6.07) is 8.55. The molecule has 1 aromatic rings. The number of nitrogens with zero attached hydrogens (tertiary/aromatic N) is 3. The summed E-state index contributed by atoms with van der Waals surface area (Å²) in [5.74, 6) is -0.191. The average Bonchev–Trinajstić information content (AvgIpc) is 3.05. The van der Waals surface area contributed by atoms with Gasteiger partial charge < -0.3 is 10.1 Å². The van der Waals surface area contributed by atoms with Crippen LogP contribution in [0.4, 0.5) is 4.79 Å². The summed E-state index contributed by atoms with van der Waals surface area (Å²) < 4.78 is 5.83. The van der Waals surface area contributed by atoms with E-state index in [0.29, 0.717) is 17.9 Å². The van der Waals surface area contributed by atoms with Crippen molar-refractivity contribution in [2.45, 2.75) is 57.8 Å². The van der Waals surface area contributed by atoms with Crippen LogP contribution in [0.3, 0.4) is 0 Å². The van der Waals surface area contributed by atoms with Crippen LogP contribution in [0.5, 0.6) is 0 Å². The first-order chi connectivity index (χ1) is 16.3. The lowest BCUT2D eigenvalue weighted by atomic mass is 9.87. The quantitative estimate of drug-likeness (QED) is 0.588. The van der Waals surface area contributed by atoms with Gasteiger partial charge in [0.15, 0.2) is 0 Å². The van der Waals surface area contributed by atoms with Crippen LogP contribution < -0.4 is 10.7 Å². The number of imide groups is 1. The van der Waals surface area contributed by atoms with Crippen molar-refractivity contribution in [1.82, 2.24) is 25.6 Å². The van der Waals surface area contributed by atoms with E-state index in [1.807, 2.05) is 37.3 Å². The molecular formula is C25H37N5O4. The lowest BCUT2D eigenvalue weighted by Crippen LogP contribution is -2.52. The summed E-state index contributed by atoms with van der Waals surface area (Å²) in [5, 5.41) is 3.63. The predicted molar refractivity (Wildman–Crippen MR) is 128 cm³/mol. The lowest BCUT2D eigenvalue weighted by molar-refractivity contribution is -0.140. The summed E-state index contributed by atoms with van der Waals surface area (Å²) in [5.41, 5.74) is 2.09. The van der Waals surface area contributed by atoms with Crippen LogP contribution >= 0.6 is 0 Å². The fourth-order valence-electron chi connectivity index (χ4n) is 5.53. The SMILES string of the molecule is CCC1(c2ccccc2)NC(=O)N(NC(=O)CN2CCC(CN3CC(C)OC(C)C3)CC2)C1=O. The third kappa shape index (κ3) is 5.26. The Labute approximate surface area is 201 Å². The highest BCUT2D eigenvalue weighted by Gasteiger charge is 2.52. The zero-order valence-corrected chi connectivity index (χ0v) is 20.5. The number of benzene rings is 1. The highest BCUT2D eigenvalue weighted by molar-refractivity contribution is 6.08. The van der Waals surface area contributed by atoms with E-state index < -0.39 is 17.5 Å². The molecule has 4 rings (SSSR count). The van der Waals surface area contributed by atoms with Crippen LogP contribution in [0.15, 0.2) is 30.3 Å². The predicted octanol–water partition coefficient (Wildman–Crippen LogP) is 1.70. The van der Waals surface area contributed by atoms with Gasteiger partial charge in [-0.05, 0) is 57.7 Å². The van der Waals surface area contributed by atoms with Gasteiger partial charge in [-0.1, -0.05) is 37.3 Å². The highest BCUT2D eigenvalue weighted by Crippen LogP contribution is 2.31. The van der Waals surface area contributed by atoms with Gasteiger partial charge in [0, 0.05) is 19.6 Å². The molecule has 3 aliphatic heterocycles. The molecule has 9 nitrogen and oxygen atoms in total. The maximum Gasteiger partial charge on any atom is 0.344 e. The third-order valence-electron chi connectivity index (χ3n) is 7.21. The average molecular weight is 472 g/mol. The topological polar surface area (TPSA) is 94.2 Å². The zero-order chi connectivity index (χ0) is 24.3. The number of nitrogens with one attached hydrogen (secondary N) is 2. The van der Waals surface area contributed by atoms with Crippen molar-refractivity contribution in [1.29, 1.82) is 0 Å². The molecule has 3 saturated heterocycles. The van der Waals surface area contributed by atoms with Gasteiger partial charge >= 0.3 is 6.03 Å². The molecular weight excluding hydrogens is 434 g/mol. The second-order valence-corrected chi connectivity index (χ2v) is 9.93. The number of amides is 4. The molecule has 3 unspecified atom stereocenters. The number of hydrogen-bond acceptors (Lipinski definition) is 6. The van der Waals surface area contributed by atoms with E-state index in [2.05, 4.69) is 34.4 Å². The number of hydrazine groups is 1. The van der Waals surface area contributed by atoms with Gasteiger partial charge in [-0.2, -0.15) is 5.01 Å². The number of piperidine rings is 1. The molecule has 0 aromatic heterocycles. The van der Waals surface area contributed by atoms with Gasteiger partial charge in [0.2, 0.25) is 0 Å². The number of likely N-dealkylation sites (tertiary alicyclic amines) is 1. The minimum Gasteiger partial charge on any atom is -0.373 e. The van der Waals surface area contributed by atoms with E-state index in [1.165, 1.54) is 0 Å². The van der Waals surface area contributed by atoms with E-state index in [-0.39, 0.29) is 24.7 Å². The second kappa shape index (κ2) is 10.4. The Hall–Kier alpha value is -2.49. The van der Waals surface area contributed by atoms with Crippen molar-refractivity contribution in [3.63, 3.8) is 0 Å². The molecule has 3 fully saturated rings. The molecule has 186 valence electrons. The van der Waals surface area contributed by atoms with Crippen LogP contribution in [0.2, 0.25) is 0 Å². The monoisotopic (exact) mass is 471 g/mol. The third-order valence-corrected chi connectivity index (χ3v) is 7.21. The first-order valence-electron chi connectivity index (χ1n) is 12.4. The Balaban J connectivity index is 1.27. The number of ether oxygens (including phenoxy) is 1. The summed E-state index contributed by atoms with van der Waals surface area (Å²) >= 11 is 0. The van der Waals surface area contributed by atoms with Crippen LogP contribution in [-0.4, -0.2) is 84.1 Å². The lowest BCUT2D eigenvalue weighted by Gasteiger charge is -2.39. The van der Waals surface area contributed by atoms with Crippen molar-refractivity contribution in [2.24, 2.45) is 5.92 Å². The van der Waals surface area contributed by atoms with Crippen molar-refractivity contribution >= 4 is 17.8 Å². The van der Waals surface area contributed by atoms with Crippen molar-refractivity contribution in [2.75, 3.05) is 39.3 Å². The number of hydrogen-bond donors (Lipinski definition) is 2. The number of morpholine rings is 1. The molecule has 3 heterocycles. The molecule has 0 spiro atoms. The molecule has 4 amide bonds. The Kier molecular flexibility index (Phi) is 7.54. The standard InChI is InChI=1S/C25H37N5O4/c1-4-25(21-8-6-5-7-9-21)23(32)30(24(33)26-25)27-22(31)17-28-12-10-20(11-13-28)16-29-14-18(2)34-19(3)15-29/h5-9,18-20H,4,10-17H2,1-3H3,(H,26,33)(H,27,31). The molecule has 2 N–H and O–H groups in total. The number of urea groups is 1. The van der Waals surface area contributed by atoms with Crippen molar-refractivity contribution < 1.29 is 19.1 Å². The molecule has 0 saturated carbocycles. The van der Waals surface area contributed by atoms with E-state index in [1.54, 1.807) is 0 Å². The molecule has 0 bridgehead atoms. The van der Waals surface area contributed by atoms with Crippen molar-refractivity contribution in [3.05, 3.63) is 35.9 Å². The summed E-state index contributed by atoms with van der Waals surface area (Å²) in [6.45, 7) is 10.9. The van der Waals surface area contributed by atoms with E-state index in [9.17, 15) is 14.4 Å². The van der Waals surface area contributed by atoms with E-state index >= 15 is 0 Å². The van der Waals surface area contributed by atoms with E-state index in [0.717, 1.165) is 50.6 Å². The molecule has 0 radical (unpaired) electrons. The Bertz CT molecular complexity index is 879. The maximum atomic E-state index is 13.2. The Morgan fingerprint density at radius 1 is 1.09 bits per heavy atom. The fraction of sp³-hybridized carbons (Fsp3) is 0.640. The first-order valence-corrected chi connectivity index (χ1v) is 12.4. The fourth-order valence-corrected chi connectivity index (χ4v) is 5.53. The van der Waals surface area contributed by atoms with Gasteiger partial charge in [0.25, 0.3) is 11.8 Å². The smallest absolute Gasteiger partial charge is 0.344 e. The van der Waals surface area contributed by atoms with Crippen LogP contribution in [0.25, 0.3) is 0 Å². The van der Waals surface area contributed by atoms with Gasteiger partial charge in [-0.25, -0.2) is 4.79 Å². The molecule has 1 aromatic carbocycles.